The molecule has 3 nitrogen and oxygen atoms in total. The third kappa shape index (κ3) is 3.67. The van der Waals surface area contributed by atoms with Crippen molar-refractivity contribution in [3.63, 3.8) is 0 Å². The van der Waals surface area contributed by atoms with Crippen LogP contribution in [0.3, 0.4) is 0 Å². The van der Waals surface area contributed by atoms with Gasteiger partial charge in [-0.15, -0.1) is 0 Å². The van der Waals surface area contributed by atoms with Gasteiger partial charge < -0.3 is 15.8 Å². The van der Waals surface area contributed by atoms with Gasteiger partial charge in [0, 0.05) is 30.5 Å². The van der Waals surface area contributed by atoms with Crippen molar-refractivity contribution in [3.05, 3.63) is 29.3 Å². The number of ether oxygens (including phenoxy) is 1. The Morgan fingerprint density at radius 3 is 2.68 bits per heavy atom. The van der Waals surface area contributed by atoms with Crippen molar-refractivity contribution in [3.8, 4) is 0 Å². The number of hydrogen-bond donors (Lipinski definition) is 2. The van der Waals surface area contributed by atoms with Crippen LogP contribution in [0.15, 0.2) is 18.2 Å². The highest BCUT2D eigenvalue weighted by Gasteiger charge is 2.20. The predicted molar refractivity (Wildman–Crippen MR) is 83.7 cm³/mol. The first kappa shape index (κ1) is 14.3. The number of nitrogens with one attached hydrogen (secondary N) is 1. The first-order valence-corrected chi connectivity index (χ1v) is 7.23. The molecule has 1 aliphatic rings. The van der Waals surface area contributed by atoms with E-state index in [1.165, 1.54) is 0 Å². The Kier molecular flexibility index (Phi) is 4.77. The third-order valence-electron chi connectivity index (χ3n) is 3.86. The minimum absolute atomic E-state index is 0.457. The van der Waals surface area contributed by atoms with E-state index in [0.29, 0.717) is 16.9 Å². The molecular weight excluding hydrogens is 256 g/mol. The number of benzene rings is 1. The Morgan fingerprint density at radius 1 is 1.42 bits per heavy atom. The lowest BCUT2D eigenvalue weighted by atomic mass is 9.92. The maximum atomic E-state index is 5.68. The molecule has 0 radical (unpaired) electrons. The summed E-state index contributed by atoms with van der Waals surface area (Å²) in [4.78, 5) is 0.460. The van der Waals surface area contributed by atoms with Crippen LogP contribution in [0.5, 0.6) is 0 Å². The molecular formula is C15H22N2OS. The number of aryl methyl sites for hydroxylation is 1. The monoisotopic (exact) mass is 278 g/mol. The molecule has 0 bridgehead atoms. The van der Waals surface area contributed by atoms with Gasteiger partial charge in [0.25, 0.3) is 0 Å². The van der Waals surface area contributed by atoms with E-state index in [0.717, 1.165) is 42.9 Å². The van der Waals surface area contributed by atoms with Crippen LogP contribution in [-0.4, -0.2) is 24.2 Å². The molecule has 1 heterocycles. The van der Waals surface area contributed by atoms with E-state index < -0.39 is 0 Å². The summed E-state index contributed by atoms with van der Waals surface area (Å²) in [5, 5.41) is 3.58. The summed E-state index contributed by atoms with van der Waals surface area (Å²) in [5.41, 5.74) is 8.90. The Bertz CT molecular complexity index is 455. The lowest BCUT2D eigenvalue weighted by molar-refractivity contribution is 0.0622. The molecule has 2 rings (SSSR count). The molecule has 1 aliphatic heterocycles. The van der Waals surface area contributed by atoms with Gasteiger partial charge >= 0.3 is 0 Å². The Balaban J connectivity index is 2.02. The zero-order valence-corrected chi connectivity index (χ0v) is 12.4. The molecule has 1 aromatic carbocycles. The first-order valence-electron chi connectivity index (χ1n) is 6.82. The normalized spacial score (nSPS) is 18.0. The molecule has 0 amide bonds. The maximum absolute atomic E-state index is 5.68. The molecule has 0 saturated carbocycles. The minimum Gasteiger partial charge on any atom is -0.389 e. The molecule has 19 heavy (non-hydrogen) atoms. The minimum atomic E-state index is 0.457. The number of nitrogens with two attached hydrogens (primary N) is 1. The average molecular weight is 278 g/mol. The second-order valence-corrected chi connectivity index (χ2v) is 5.72. The SMILES string of the molecule is Cc1cc(NC(C)C2CCOCC2)ccc1C(N)=S. The third-order valence-corrected chi connectivity index (χ3v) is 4.08. The van der Waals surface area contributed by atoms with Gasteiger partial charge in [-0.1, -0.05) is 12.2 Å². The quantitative estimate of drug-likeness (QED) is 0.831. The molecule has 1 aromatic rings. The molecule has 4 heteroatoms. The standard InChI is InChI=1S/C15H22N2OS/c1-10-9-13(3-4-14(10)15(16)19)17-11(2)12-5-7-18-8-6-12/h3-4,9,11-12,17H,5-8H2,1-2H3,(H2,16,19). The van der Waals surface area contributed by atoms with Crippen molar-refractivity contribution in [2.75, 3.05) is 18.5 Å². The van der Waals surface area contributed by atoms with Gasteiger partial charge in [-0.25, -0.2) is 0 Å². The van der Waals surface area contributed by atoms with Crippen molar-refractivity contribution in [1.29, 1.82) is 0 Å². The molecule has 1 saturated heterocycles. The fourth-order valence-corrected chi connectivity index (χ4v) is 2.86. The van der Waals surface area contributed by atoms with Gasteiger partial charge in [-0.05, 0) is 56.4 Å². The van der Waals surface area contributed by atoms with Crippen molar-refractivity contribution in [2.24, 2.45) is 11.7 Å². The molecule has 0 aliphatic carbocycles. The fraction of sp³-hybridized carbons (Fsp3) is 0.533. The molecule has 1 atom stereocenters. The van der Waals surface area contributed by atoms with Crippen molar-refractivity contribution < 1.29 is 4.74 Å². The second-order valence-electron chi connectivity index (χ2n) is 5.28. The molecule has 1 fully saturated rings. The van der Waals surface area contributed by atoms with E-state index in [2.05, 4.69) is 24.4 Å². The van der Waals surface area contributed by atoms with Crippen LogP contribution in [-0.2, 0) is 4.74 Å². The van der Waals surface area contributed by atoms with E-state index in [1.807, 2.05) is 13.0 Å². The van der Waals surface area contributed by atoms with Crippen LogP contribution in [0.2, 0.25) is 0 Å². The summed E-state index contributed by atoms with van der Waals surface area (Å²) in [6.07, 6.45) is 2.27. The van der Waals surface area contributed by atoms with Gasteiger partial charge in [0.05, 0.1) is 0 Å². The summed E-state index contributed by atoms with van der Waals surface area (Å²) in [7, 11) is 0. The van der Waals surface area contributed by atoms with Gasteiger partial charge in [0.2, 0.25) is 0 Å². The van der Waals surface area contributed by atoms with Crippen LogP contribution in [0.1, 0.15) is 30.9 Å². The molecule has 3 N–H and O–H groups in total. The Hall–Kier alpha value is -1.13. The van der Waals surface area contributed by atoms with E-state index in [9.17, 15) is 0 Å². The highest BCUT2D eigenvalue weighted by atomic mass is 32.1. The van der Waals surface area contributed by atoms with E-state index in [-0.39, 0.29) is 0 Å². The lowest BCUT2D eigenvalue weighted by Gasteiger charge is -2.29. The summed E-state index contributed by atoms with van der Waals surface area (Å²) in [6.45, 7) is 6.05. The number of rotatable bonds is 4. The molecule has 0 aromatic heterocycles. The molecule has 104 valence electrons. The Morgan fingerprint density at radius 2 is 2.11 bits per heavy atom. The highest BCUT2D eigenvalue weighted by Crippen LogP contribution is 2.23. The van der Waals surface area contributed by atoms with Crippen LogP contribution < -0.4 is 11.1 Å². The van der Waals surface area contributed by atoms with Crippen molar-refractivity contribution in [2.45, 2.75) is 32.7 Å². The van der Waals surface area contributed by atoms with Crippen LogP contribution in [0.4, 0.5) is 5.69 Å². The smallest absolute Gasteiger partial charge is 0.104 e. The first-order chi connectivity index (χ1) is 9.08. The maximum Gasteiger partial charge on any atom is 0.104 e. The van der Waals surface area contributed by atoms with E-state index in [1.54, 1.807) is 0 Å². The number of thiocarbonyl (C=S) groups is 1. The zero-order chi connectivity index (χ0) is 13.8. The van der Waals surface area contributed by atoms with Crippen molar-refractivity contribution in [1.82, 2.24) is 0 Å². The van der Waals surface area contributed by atoms with E-state index >= 15 is 0 Å². The summed E-state index contributed by atoms with van der Waals surface area (Å²) in [5.74, 6) is 0.685. The summed E-state index contributed by atoms with van der Waals surface area (Å²) < 4.78 is 5.41. The second kappa shape index (κ2) is 6.35. The van der Waals surface area contributed by atoms with Crippen LogP contribution in [0.25, 0.3) is 0 Å². The zero-order valence-electron chi connectivity index (χ0n) is 11.6. The lowest BCUT2D eigenvalue weighted by Crippen LogP contribution is -2.31. The number of anilines is 1. The topological polar surface area (TPSA) is 47.3 Å². The van der Waals surface area contributed by atoms with Gasteiger partial charge in [0.15, 0.2) is 0 Å². The van der Waals surface area contributed by atoms with Gasteiger partial charge in [-0.3, -0.25) is 0 Å². The largest absolute Gasteiger partial charge is 0.389 e. The predicted octanol–water partition coefficient (Wildman–Crippen LogP) is 2.86. The van der Waals surface area contributed by atoms with E-state index in [4.69, 9.17) is 22.7 Å². The Labute approximate surface area is 120 Å². The van der Waals surface area contributed by atoms with Crippen molar-refractivity contribution >= 4 is 22.9 Å². The average Bonchev–Trinajstić information content (AvgIpc) is 2.39. The van der Waals surface area contributed by atoms with Crippen LogP contribution in [0, 0.1) is 12.8 Å². The number of hydrogen-bond acceptors (Lipinski definition) is 3. The van der Waals surface area contributed by atoms with Crippen LogP contribution >= 0.6 is 12.2 Å². The molecule has 1 unspecified atom stereocenters. The summed E-state index contributed by atoms with van der Waals surface area (Å²) in [6, 6.07) is 6.62. The van der Waals surface area contributed by atoms with Gasteiger partial charge in [-0.2, -0.15) is 0 Å². The highest BCUT2D eigenvalue weighted by molar-refractivity contribution is 7.80. The fourth-order valence-electron chi connectivity index (χ4n) is 2.63. The van der Waals surface area contributed by atoms with Gasteiger partial charge in [0.1, 0.15) is 4.99 Å². The molecule has 0 spiro atoms. The summed E-state index contributed by atoms with van der Waals surface area (Å²) >= 11 is 5.03.